The molecule has 2 fully saturated rings. The third-order valence-electron chi connectivity index (χ3n) is 6.18. The summed E-state index contributed by atoms with van der Waals surface area (Å²) in [7, 11) is 0. The highest BCUT2D eigenvalue weighted by molar-refractivity contribution is 4.98. The van der Waals surface area contributed by atoms with Crippen LogP contribution >= 0.6 is 0 Å². The predicted molar refractivity (Wildman–Crippen MR) is 93.0 cm³/mol. The Kier molecular flexibility index (Phi) is 4.97. The van der Waals surface area contributed by atoms with Gasteiger partial charge in [0.1, 0.15) is 12.7 Å². The zero-order chi connectivity index (χ0) is 17.9. The average molecular weight is 360 g/mol. The molecule has 0 bridgehead atoms. The van der Waals surface area contributed by atoms with Gasteiger partial charge in [-0.2, -0.15) is 0 Å². The minimum atomic E-state index is -0.179. The molecule has 0 aliphatic heterocycles. The molecule has 2 aliphatic carbocycles. The summed E-state index contributed by atoms with van der Waals surface area (Å²) < 4.78 is 3.84. The Balaban J connectivity index is 1.07. The van der Waals surface area contributed by atoms with Crippen molar-refractivity contribution in [2.75, 3.05) is 0 Å². The largest absolute Gasteiger partial charge is 0.393 e. The summed E-state index contributed by atoms with van der Waals surface area (Å²) in [4.78, 5) is 0. The molecule has 2 aromatic rings. The molecular formula is C17H28N8O. The second-order valence-electron chi connectivity index (χ2n) is 8.10. The number of tetrazole rings is 2. The van der Waals surface area contributed by atoms with Crippen molar-refractivity contribution in [2.24, 2.45) is 0 Å². The molecule has 0 unspecified atom stereocenters. The summed E-state index contributed by atoms with van der Waals surface area (Å²) in [5, 5.41) is 33.3. The summed E-state index contributed by atoms with van der Waals surface area (Å²) in [5.74, 6) is 0. The van der Waals surface area contributed by atoms with Crippen LogP contribution in [0, 0.1) is 0 Å². The van der Waals surface area contributed by atoms with Gasteiger partial charge in [-0.1, -0.05) is 25.7 Å². The molecule has 2 aliphatic rings. The topological polar surface area (TPSA) is 107 Å². The van der Waals surface area contributed by atoms with Gasteiger partial charge in [0.15, 0.2) is 0 Å². The number of hydrogen-bond donors (Lipinski definition) is 1. The number of unbranched alkanes of at least 4 members (excludes halogenated alkanes) is 2. The molecule has 2 saturated carbocycles. The van der Waals surface area contributed by atoms with Crippen molar-refractivity contribution in [1.82, 2.24) is 40.4 Å². The fourth-order valence-corrected chi connectivity index (χ4v) is 4.05. The molecule has 2 heterocycles. The molecule has 0 amide bonds. The van der Waals surface area contributed by atoms with E-state index in [0.29, 0.717) is 0 Å². The number of rotatable bonds is 12. The van der Waals surface area contributed by atoms with E-state index in [-0.39, 0.29) is 17.2 Å². The smallest absolute Gasteiger partial charge is 0.138 e. The number of aliphatic hydroxyl groups is 1. The molecule has 0 radical (unpaired) electrons. The van der Waals surface area contributed by atoms with E-state index in [2.05, 4.69) is 31.1 Å². The Bertz CT molecular complexity index is 605. The van der Waals surface area contributed by atoms with Crippen molar-refractivity contribution >= 4 is 0 Å². The highest BCUT2D eigenvalue weighted by Crippen LogP contribution is 2.47. The van der Waals surface area contributed by atoms with Crippen molar-refractivity contribution in [3.8, 4) is 0 Å². The van der Waals surface area contributed by atoms with Crippen LogP contribution < -0.4 is 0 Å². The van der Waals surface area contributed by atoms with Crippen molar-refractivity contribution in [3.63, 3.8) is 0 Å². The minimum Gasteiger partial charge on any atom is -0.393 e. The van der Waals surface area contributed by atoms with E-state index in [1.807, 2.05) is 9.36 Å². The first-order valence-electron chi connectivity index (χ1n) is 9.88. The minimum absolute atomic E-state index is 0.170. The van der Waals surface area contributed by atoms with Crippen LogP contribution in [0.4, 0.5) is 0 Å². The summed E-state index contributed by atoms with van der Waals surface area (Å²) in [5.41, 5.74) is 0.340. The van der Waals surface area contributed by atoms with Crippen molar-refractivity contribution in [1.29, 1.82) is 0 Å². The van der Waals surface area contributed by atoms with E-state index >= 15 is 0 Å². The zero-order valence-corrected chi connectivity index (χ0v) is 15.2. The van der Waals surface area contributed by atoms with Crippen molar-refractivity contribution < 1.29 is 5.11 Å². The molecular weight excluding hydrogens is 332 g/mol. The van der Waals surface area contributed by atoms with Crippen LogP contribution in [0.5, 0.6) is 0 Å². The monoisotopic (exact) mass is 360 g/mol. The maximum atomic E-state index is 10.2. The van der Waals surface area contributed by atoms with Crippen LogP contribution in [-0.4, -0.2) is 51.6 Å². The number of hydrogen-bond acceptors (Lipinski definition) is 7. The van der Waals surface area contributed by atoms with Crippen LogP contribution in [0.1, 0.15) is 77.0 Å². The normalized spacial score (nSPS) is 19.8. The highest BCUT2D eigenvalue weighted by Gasteiger charge is 2.45. The second kappa shape index (κ2) is 7.38. The maximum Gasteiger partial charge on any atom is 0.138 e. The molecule has 2 aromatic heterocycles. The van der Waals surface area contributed by atoms with Crippen molar-refractivity contribution in [2.45, 2.75) is 94.2 Å². The number of aliphatic hydroxyl groups excluding tert-OH is 1. The third kappa shape index (κ3) is 3.92. The van der Waals surface area contributed by atoms with E-state index in [1.54, 1.807) is 12.7 Å². The van der Waals surface area contributed by atoms with Crippen molar-refractivity contribution in [3.05, 3.63) is 12.7 Å². The summed E-state index contributed by atoms with van der Waals surface area (Å²) in [6.45, 7) is 0. The van der Waals surface area contributed by atoms with Gasteiger partial charge in [-0.05, 0) is 72.2 Å². The summed E-state index contributed by atoms with van der Waals surface area (Å²) >= 11 is 0. The Labute approximate surface area is 153 Å². The quantitative estimate of drug-likeness (QED) is 0.575. The van der Waals surface area contributed by atoms with Gasteiger partial charge in [-0.15, -0.1) is 10.2 Å². The van der Waals surface area contributed by atoms with Crippen LogP contribution in [-0.2, 0) is 11.1 Å². The molecule has 0 spiro atoms. The Hall–Kier alpha value is -1.90. The first kappa shape index (κ1) is 17.5. The molecule has 1 N–H and O–H groups in total. The van der Waals surface area contributed by atoms with E-state index < -0.39 is 0 Å². The fraction of sp³-hybridized carbons (Fsp3) is 0.882. The molecule has 142 valence electrons. The van der Waals surface area contributed by atoms with E-state index in [9.17, 15) is 5.11 Å². The van der Waals surface area contributed by atoms with Gasteiger partial charge in [-0.25, -0.2) is 9.36 Å². The lowest BCUT2D eigenvalue weighted by molar-refractivity contribution is 0.145. The summed E-state index contributed by atoms with van der Waals surface area (Å²) in [6, 6.07) is 0. The number of nitrogens with zero attached hydrogens (tertiary/aromatic N) is 8. The number of aromatic nitrogens is 8. The van der Waals surface area contributed by atoms with Crippen LogP contribution in [0.25, 0.3) is 0 Å². The first-order chi connectivity index (χ1) is 12.7. The third-order valence-corrected chi connectivity index (χ3v) is 6.18. The van der Waals surface area contributed by atoms with Gasteiger partial charge in [0.05, 0.1) is 17.2 Å². The molecule has 0 saturated heterocycles. The van der Waals surface area contributed by atoms with E-state index in [0.717, 1.165) is 51.4 Å². The van der Waals surface area contributed by atoms with E-state index in [1.165, 1.54) is 25.7 Å². The lowest BCUT2D eigenvalue weighted by atomic mass is 10.0. The van der Waals surface area contributed by atoms with Crippen LogP contribution in [0.3, 0.4) is 0 Å². The Morgan fingerprint density at radius 1 is 0.769 bits per heavy atom. The lowest BCUT2D eigenvalue weighted by Crippen LogP contribution is -2.18. The van der Waals surface area contributed by atoms with Crippen LogP contribution in [0.2, 0.25) is 0 Å². The maximum absolute atomic E-state index is 10.2. The standard InChI is InChI=1S/C17H28N8O/c26-15(5-1-3-7-16(9-10-16)24-13-18-20-22-24)6-2-4-8-17(11-12-17)25-14-19-21-23-25/h13-15,26H,1-12H2. The second-order valence-corrected chi connectivity index (χ2v) is 8.10. The average Bonchev–Trinajstić information content (AvgIpc) is 3.45. The Morgan fingerprint density at radius 2 is 1.23 bits per heavy atom. The van der Waals surface area contributed by atoms with Gasteiger partial charge < -0.3 is 5.11 Å². The van der Waals surface area contributed by atoms with Crippen LogP contribution in [0.15, 0.2) is 12.7 Å². The van der Waals surface area contributed by atoms with Gasteiger partial charge in [-0.3, -0.25) is 0 Å². The summed E-state index contributed by atoms with van der Waals surface area (Å²) in [6.07, 6.45) is 16.3. The Morgan fingerprint density at radius 3 is 1.58 bits per heavy atom. The lowest BCUT2D eigenvalue weighted by Gasteiger charge is -2.16. The SMILES string of the molecule is OC(CCCCC1(n2cnnn2)CC1)CCCCC1(n2cnnn2)CC1. The molecule has 4 rings (SSSR count). The molecule has 0 atom stereocenters. The predicted octanol–water partition coefficient (Wildman–Crippen LogP) is 1.82. The fourth-order valence-electron chi connectivity index (χ4n) is 4.05. The zero-order valence-electron chi connectivity index (χ0n) is 15.2. The van der Waals surface area contributed by atoms with Gasteiger partial charge in [0.2, 0.25) is 0 Å². The van der Waals surface area contributed by atoms with Gasteiger partial charge in [0.25, 0.3) is 0 Å². The highest BCUT2D eigenvalue weighted by atomic mass is 16.3. The van der Waals surface area contributed by atoms with Gasteiger partial charge >= 0.3 is 0 Å². The molecule has 9 nitrogen and oxygen atoms in total. The molecule has 26 heavy (non-hydrogen) atoms. The first-order valence-corrected chi connectivity index (χ1v) is 9.88. The molecule has 0 aromatic carbocycles. The van der Waals surface area contributed by atoms with E-state index in [4.69, 9.17) is 0 Å². The van der Waals surface area contributed by atoms with Gasteiger partial charge in [0, 0.05) is 0 Å². The molecule has 9 heteroatoms.